The van der Waals surface area contributed by atoms with Gasteiger partial charge < -0.3 is 10.1 Å². The molecule has 1 unspecified atom stereocenters. The fraction of sp³-hybridized carbons (Fsp3) is 0.294. The van der Waals surface area contributed by atoms with Crippen LogP contribution in [0.5, 0.6) is 5.75 Å². The highest BCUT2D eigenvalue weighted by molar-refractivity contribution is 6.30. The Morgan fingerprint density at radius 3 is 2.95 bits per heavy atom. The summed E-state index contributed by atoms with van der Waals surface area (Å²) in [6.45, 7) is 1.04. The number of ether oxygens (including phenoxy) is 1. The van der Waals surface area contributed by atoms with E-state index in [1.54, 1.807) is 7.11 Å². The van der Waals surface area contributed by atoms with Crippen molar-refractivity contribution < 1.29 is 4.74 Å². The molecule has 0 spiro atoms. The maximum Gasteiger partial charge on any atom is 0.127 e. The van der Waals surface area contributed by atoms with E-state index in [1.165, 1.54) is 27.8 Å². The van der Waals surface area contributed by atoms with Crippen LogP contribution in [0, 0.1) is 0 Å². The summed E-state index contributed by atoms with van der Waals surface area (Å²) in [7, 11) is 1.74. The van der Waals surface area contributed by atoms with E-state index >= 15 is 0 Å². The van der Waals surface area contributed by atoms with Crippen molar-refractivity contribution in [3.63, 3.8) is 0 Å². The highest BCUT2D eigenvalue weighted by Crippen LogP contribution is 2.47. The molecule has 0 aromatic heterocycles. The fourth-order valence-corrected chi connectivity index (χ4v) is 3.75. The Hall–Kier alpha value is -1.51. The van der Waals surface area contributed by atoms with Crippen molar-refractivity contribution in [2.45, 2.75) is 18.9 Å². The van der Waals surface area contributed by atoms with Gasteiger partial charge in [0.05, 0.1) is 7.11 Å². The maximum absolute atomic E-state index is 6.16. The van der Waals surface area contributed by atoms with Gasteiger partial charge in [-0.2, -0.15) is 0 Å². The number of hydrogen-bond acceptors (Lipinski definition) is 2. The number of hydrogen-bond donors (Lipinski definition) is 1. The Balaban J connectivity index is 2.05. The van der Waals surface area contributed by atoms with Crippen LogP contribution in [-0.2, 0) is 12.8 Å². The smallest absolute Gasteiger partial charge is 0.127 e. The monoisotopic (exact) mass is 285 g/mol. The molecule has 1 N–H and O–H groups in total. The molecule has 1 aliphatic carbocycles. The van der Waals surface area contributed by atoms with Crippen LogP contribution in [0.3, 0.4) is 0 Å². The second-order valence-corrected chi connectivity index (χ2v) is 5.91. The average Bonchev–Trinajstić information content (AvgIpc) is 2.47. The molecule has 0 radical (unpaired) electrons. The predicted molar refractivity (Wildman–Crippen MR) is 81.6 cm³/mol. The van der Waals surface area contributed by atoms with E-state index < -0.39 is 0 Å². The molecule has 1 heterocycles. The number of benzene rings is 2. The summed E-state index contributed by atoms with van der Waals surface area (Å²) in [5, 5.41) is 4.43. The van der Waals surface area contributed by atoms with Gasteiger partial charge in [0.25, 0.3) is 0 Å². The van der Waals surface area contributed by atoms with Gasteiger partial charge in [-0.25, -0.2) is 0 Å². The minimum atomic E-state index is 0.384. The van der Waals surface area contributed by atoms with Crippen molar-refractivity contribution in [2.75, 3.05) is 13.7 Å². The Labute approximate surface area is 123 Å². The summed E-state index contributed by atoms with van der Waals surface area (Å²) >= 11 is 6.16. The third-order valence-corrected chi connectivity index (χ3v) is 4.65. The zero-order valence-electron chi connectivity index (χ0n) is 11.4. The van der Waals surface area contributed by atoms with Crippen molar-refractivity contribution in [3.8, 4) is 16.9 Å². The van der Waals surface area contributed by atoms with Crippen LogP contribution in [0.4, 0.5) is 0 Å². The van der Waals surface area contributed by atoms with Gasteiger partial charge in [0.1, 0.15) is 5.75 Å². The van der Waals surface area contributed by atoms with Crippen molar-refractivity contribution in [1.29, 1.82) is 0 Å². The van der Waals surface area contributed by atoms with E-state index in [4.69, 9.17) is 16.3 Å². The molecule has 0 amide bonds. The summed E-state index contributed by atoms with van der Waals surface area (Å²) in [5.74, 6) is 0.959. The molecule has 20 heavy (non-hydrogen) atoms. The highest BCUT2D eigenvalue weighted by atomic mass is 35.5. The van der Waals surface area contributed by atoms with E-state index in [1.807, 2.05) is 6.07 Å². The fourth-order valence-electron chi connectivity index (χ4n) is 3.56. The molecule has 1 aliphatic heterocycles. The summed E-state index contributed by atoms with van der Waals surface area (Å²) in [6, 6.07) is 10.9. The molecule has 0 saturated heterocycles. The second-order valence-electron chi connectivity index (χ2n) is 5.48. The molecule has 102 valence electrons. The molecular weight excluding hydrogens is 270 g/mol. The van der Waals surface area contributed by atoms with Crippen molar-refractivity contribution in [3.05, 3.63) is 52.0 Å². The number of halogens is 1. The van der Waals surface area contributed by atoms with E-state index in [-0.39, 0.29) is 0 Å². The number of rotatable bonds is 1. The topological polar surface area (TPSA) is 21.3 Å². The SMILES string of the molecule is COc1ccc2c3c1-c1ccc(Cl)cc1CC3NCC2. The molecule has 3 heteroatoms. The third kappa shape index (κ3) is 1.68. The van der Waals surface area contributed by atoms with Crippen LogP contribution in [-0.4, -0.2) is 13.7 Å². The van der Waals surface area contributed by atoms with Crippen LogP contribution < -0.4 is 10.1 Å². The van der Waals surface area contributed by atoms with Crippen LogP contribution >= 0.6 is 11.6 Å². The van der Waals surface area contributed by atoms with E-state index in [2.05, 4.69) is 29.6 Å². The quantitative estimate of drug-likeness (QED) is 0.861. The van der Waals surface area contributed by atoms with Gasteiger partial charge in [-0.1, -0.05) is 23.7 Å². The molecule has 2 aromatic rings. The van der Waals surface area contributed by atoms with Gasteiger partial charge in [0, 0.05) is 16.6 Å². The van der Waals surface area contributed by atoms with Gasteiger partial charge >= 0.3 is 0 Å². The van der Waals surface area contributed by atoms with Crippen molar-refractivity contribution in [2.24, 2.45) is 0 Å². The molecule has 2 aliphatic rings. The molecule has 0 fully saturated rings. The van der Waals surface area contributed by atoms with E-state index in [0.717, 1.165) is 30.2 Å². The Bertz CT molecular complexity index is 696. The van der Waals surface area contributed by atoms with Crippen molar-refractivity contribution in [1.82, 2.24) is 5.32 Å². The van der Waals surface area contributed by atoms with E-state index in [9.17, 15) is 0 Å². The molecule has 1 atom stereocenters. The zero-order valence-corrected chi connectivity index (χ0v) is 12.1. The first-order chi connectivity index (χ1) is 9.78. The molecule has 2 nitrogen and oxygen atoms in total. The molecular formula is C17H16ClNO. The Morgan fingerprint density at radius 1 is 1.20 bits per heavy atom. The summed E-state index contributed by atoms with van der Waals surface area (Å²) in [5.41, 5.74) is 6.69. The molecule has 4 rings (SSSR count). The lowest BCUT2D eigenvalue weighted by atomic mass is 9.77. The van der Waals surface area contributed by atoms with Gasteiger partial charge in [-0.05, 0) is 59.8 Å². The zero-order chi connectivity index (χ0) is 13.7. The molecule has 0 bridgehead atoms. The minimum Gasteiger partial charge on any atom is -0.496 e. The van der Waals surface area contributed by atoms with Gasteiger partial charge in [-0.15, -0.1) is 0 Å². The standard InChI is InChI=1S/C17H16ClNO/c1-20-15-5-2-10-6-7-19-14-9-11-8-12(18)3-4-13(11)17(15)16(10)14/h2-5,8,14,19H,6-7,9H2,1H3. The van der Waals surface area contributed by atoms with Crippen LogP contribution in [0.2, 0.25) is 5.02 Å². The number of methoxy groups -OCH3 is 1. The first-order valence-corrected chi connectivity index (χ1v) is 7.37. The molecule has 2 aromatic carbocycles. The maximum atomic E-state index is 6.16. The second kappa shape index (κ2) is 4.51. The average molecular weight is 286 g/mol. The van der Waals surface area contributed by atoms with Gasteiger partial charge in [-0.3, -0.25) is 0 Å². The Morgan fingerprint density at radius 2 is 2.10 bits per heavy atom. The third-order valence-electron chi connectivity index (χ3n) is 4.41. The van der Waals surface area contributed by atoms with Gasteiger partial charge in [0.2, 0.25) is 0 Å². The summed E-state index contributed by atoms with van der Waals surface area (Å²) in [4.78, 5) is 0. The Kier molecular flexibility index (Phi) is 2.76. The van der Waals surface area contributed by atoms with Crippen LogP contribution in [0.15, 0.2) is 30.3 Å². The lowest BCUT2D eigenvalue weighted by Gasteiger charge is -2.35. The van der Waals surface area contributed by atoms with Gasteiger partial charge in [0.15, 0.2) is 0 Å². The first kappa shape index (κ1) is 12.2. The number of fused-ring (bicyclic) bond motifs is 2. The first-order valence-electron chi connectivity index (χ1n) is 7.00. The lowest BCUT2D eigenvalue weighted by molar-refractivity contribution is 0.412. The van der Waals surface area contributed by atoms with Crippen LogP contribution in [0.25, 0.3) is 11.1 Å². The normalized spacial score (nSPS) is 19.2. The summed E-state index contributed by atoms with van der Waals surface area (Å²) in [6.07, 6.45) is 2.09. The number of nitrogens with one attached hydrogen (secondary N) is 1. The lowest BCUT2D eigenvalue weighted by Crippen LogP contribution is -2.33. The highest BCUT2D eigenvalue weighted by Gasteiger charge is 2.31. The van der Waals surface area contributed by atoms with Crippen LogP contribution in [0.1, 0.15) is 22.7 Å². The van der Waals surface area contributed by atoms with Crippen molar-refractivity contribution >= 4 is 11.6 Å². The predicted octanol–water partition coefficient (Wildman–Crippen LogP) is 3.76. The summed E-state index contributed by atoms with van der Waals surface area (Å²) < 4.78 is 5.61. The molecule has 0 saturated carbocycles. The largest absolute Gasteiger partial charge is 0.496 e. The van der Waals surface area contributed by atoms with E-state index in [0.29, 0.717) is 6.04 Å². The minimum absolute atomic E-state index is 0.384.